The molecule has 1 heterocycles. The molecule has 78 valence electrons. The van der Waals surface area contributed by atoms with Gasteiger partial charge in [0.05, 0.1) is 7.11 Å². The first-order valence-corrected chi connectivity index (χ1v) is 5.40. The zero-order chi connectivity index (χ0) is 10.8. The highest BCUT2D eigenvalue weighted by atomic mass is 32.3. The van der Waals surface area contributed by atoms with Gasteiger partial charge in [0.2, 0.25) is 5.88 Å². The first-order valence-electron chi connectivity index (χ1n) is 3.84. The van der Waals surface area contributed by atoms with Gasteiger partial charge in [0.15, 0.2) is 0 Å². The Morgan fingerprint density at radius 2 is 2.14 bits per heavy atom. The lowest BCUT2D eigenvalue weighted by Gasteiger charge is -2.03. The number of hydrogen-bond acceptors (Lipinski definition) is 4. The molecule has 1 rings (SSSR count). The van der Waals surface area contributed by atoms with Gasteiger partial charge in [0, 0.05) is 11.8 Å². The lowest BCUT2D eigenvalue weighted by Crippen LogP contribution is -1.99. The van der Waals surface area contributed by atoms with E-state index in [0.29, 0.717) is 11.3 Å². The molecule has 0 saturated carbocycles. The second-order valence-electron chi connectivity index (χ2n) is 2.84. The Morgan fingerprint density at radius 1 is 1.50 bits per heavy atom. The van der Waals surface area contributed by atoms with Gasteiger partial charge in [-0.3, -0.25) is 0 Å². The minimum atomic E-state index is -4.50. The summed E-state index contributed by atoms with van der Waals surface area (Å²) in [5, 5.41) is 0. The highest BCUT2D eigenvalue weighted by Gasteiger charge is 2.10. The molecule has 0 bridgehead atoms. The molecule has 0 aromatic carbocycles. The van der Waals surface area contributed by atoms with Gasteiger partial charge in [0.25, 0.3) is 0 Å². The minimum Gasteiger partial charge on any atom is -0.481 e. The predicted octanol–water partition coefficient (Wildman–Crippen LogP) is 1.20. The lowest BCUT2D eigenvalue weighted by molar-refractivity contribution is 0.396. The summed E-state index contributed by atoms with van der Waals surface area (Å²) in [7, 11) is -3.09. The second-order valence-corrected chi connectivity index (χ2v) is 4.21. The third kappa shape index (κ3) is 3.29. The van der Waals surface area contributed by atoms with E-state index in [-0.39, 0.29) is 5.88 Å². The molecule has 0 fully saturated rings. The van der Waals surface area contributed by atoms with Gasteiger partial charge >= 0.3 is 10.2 Å². The molecular formula is C8H10FNO3S. The van der Waals surface area contributed by atoms with Crippen LogP contribution in [0.5, 0.6) is 5.88 Å². The quantitative estimate of drug-likeness (QED) is 0.717. The van der Waals surface area contributed by atoms with Crippen molar-refractivity contribution in [1.29, 1.82) is 0 Å². The molecule has 0 amide bonds. The Kier molecular flexibility index (Phi) is 3.05. The summed E-state index contributed by atoms with van der Waals surface area (Å²) in [6.45, 7) is 1.68. The van der Waals surface area contributed by atoms with Crippen LogP contribution in [0.3, 0.4) is 0 Å². The van der Waals surface area contributed by atoms with Gasteiger partial charge in [-0.15, -0.1) is 3.89 Å². The number of nitrogens with zero attached hydrogens (tertiary/aromatic N) is 1. The average molecular weight is 219 g/mol. The first kappa shape index (κ1) is 10.9. The van der Waals surface area contributed by atoms with Crippen LogP contribution in [0.1, 0.15) is 11.3 Å². The number of aryl methyl sites for hydroxylation is 1. The number of ether oxygens (including phenoxy) is 1. The van der Waals surface area contributed by atoms with Crippen molar-refractivity contribution in [3.63, 3.8) is 0 Å². The van der Waals surface area contributed by atoms with Crippen molar-refractivity contribution in [3.05, 3.63) is 23.4 Å². The maximum atomic E-state index is 12.4. The van der Waals surface area contributed by atoms with Gasteiger partial charge in [-0.25, -0.2) is 4.98 Å². The standard InChI is InChI=1S/C8H10FNO3S/c1-6-3-7(5-14(9,11)12)4-8(10-6)13-2/h3-4H,5H2,1-2H3. The molecule has 1 aromatic heterocycles. The van der Waals surface area contributed by atoms with Crippen molar-refractivity contribution >= 4 is 10.2 Å². The van der Waals surface area contributed by atoms with E-state index in [9.17, 15) is 12.3 Å². The van der Waals surface area contributed by atoms with E-state index in [1.807, 2.05) is 0 Å². The van der Waals surface area contributed by atoms with Crippen LogP contribution in [0.2, 0.25) is 0 Å². The van der Waals surface area contributed by atoms with Crippen LogP contribution in [-0.2, 0) is 16.0 Å². The normalized spacial score (nSPS) is 11.4. The van der Waals surface area contributed by atoms with Gasteiger partial charge in [-0.05, 0) is 18.6 Å². The van der Waals surface area contributed by atoms with E-state index in [0.717, 1.165) is 0 Å². The summed E-state index contributed by atoms with van der Waals surface area (Å²) in [5.41, 5.74) is 0.917. The van der Waals surface area contributed by atoms with E-state index in [1.54, 1.807) is 6.92 Å². The van der Waals surface area contributed by atoms with Crippen LogP contribution in [0.4, 0.5) is 3.89 Å². The summed E-state index contributed by atoms with van der Waals surface area (Å²) < 4.78 is 37.9. The number of pyridine rings is 1. The van der Waals surface area contributed by atoms with E-state index >= 15 is 0 Å². The summed E-state index contributed by atoms with van der Waals surface area (Å²) in [4.78, 5) is 3.94. The maximum Gasteiger partial charge on any atom is 0.306 e. The van der Waals surface area contributed by atoms with Gasteiger partial charge in [0.1, 0.15) is 5.75 Å². The second kappa shape index (κ2) is 3.91. The first-order chi connectivity index (χ1) is 6.40. The lowest BCUT2D eigenvalue weighted by atomic mass is 10.2. The fraction of sp³-hybridized carbons (Fsp3) is 0.375. The summed E-state index contributed by atoms with van der Waals surface area (Å²) in [6.07, 6.45) is 0. The Labute approximate surface area is 81.9 Å². The van der Waals surface area contributed by atoms with Gasteiger partial charge in [-0.2, -0.15) is 8.42 Å². The topological polar surface area (TPSA) is 56.3 Å². The molecule has 0 spiro atoms. The van der Waals surface area contributed by atoms with Crippen LogP contribution >= 0.6 is 0 Å². The smallest absolute Gasteiger partial charge is 0.306 e. The van der Waals surface area contributed by atoms with Crippen molar-refractivity contribution in [2.45, 2.75) is 12.7 Å². The van der Waals surface area contributed by atoms with Crippen molar-refractivity contribution in [1.82, 2.24) is 4.98 Å². The van der Waals surface area contributed by atoms with Crippen LogP contribution in [-0.4, -0.2) is 20.5 Å². The van der Waals surface area contributed by atoms with E-state index in [4.69, 9.17) is 4.74 Å². The maximum absolute atomic E-state index is 12.4. The van der Waals surface area contributed by atoms with Crippen LogP contribution in [0.15, 0.2) is 12.1 Å². The van der Waals surface area contributed by atoms with Crippen LogP contribution in [0, 0.1) is 6.92 Å². The SMILES string of the molecule is COc1cc(CS(=O)(=O)F)cc(C)n1. The number of aromatic nitrogens is 1. The van der Waals surface area contributed by atoms with Crippen molar-refractivity contribution in [3.8, 4) is 5.88 Å². The predicted molar refractivity (Wildman–Crippen MR) is 49.3 cm³/mol. The van der Waals surface area contributed by atoms with Crippen molar-refractivity contribution in [2.24, 2.45) is 0 Å². The van der Waals surface area contributed by atoms with Gasteiger partial charge in [-0.1, -0.05) is 0 Å². The third-order valence-corrected chi connectivity index (χ3v) is 2.22. The zero-order valence-electron chi connectivity index (χ0n) is 7.82. The number of rotatable bonds is 3. The van der Waals surface area contributed by atoms with E-state index < -0.39 is 16.0 Å². The summed E-state index contributed by atoms with van der Waals surface area (Å²) in [5.74, 6) is -0.365. The Bertz CT molecular complexity index is 430. The van der Waals surface area contributed by atoms with Gasteiger partial charge < -0.3 is 4.74 Å². The van der Waals surface area contributed by atoms with E-state index in [1.165, 1.54) is 19.2 Å². The molecule has 0 unspecified atom stereocenters. The Morgan fingerprint density at radius 3 is 2.64 bits per heavy atom. The molecule has 14 heavy (non-hydrogen) atoms. The summed E-state index contributed by atoms with van der Waals surface area (Å²) in [6, 6.07) is 2.89. The Balaban J connectivity index is 3.04. The molecule has 4 nitrogen and oxygen atoms in total. The molecule has 0 N–H and O–H groups in total. The van der Waals surface area contributed by atoms with Crippen molar-refractivity contribution in [2.75, 3.05) is 7.11 Å². The molecular weight excluding hydrogens is 209 g/mol. The Hall–Kier alpha value is -1.17. The highest BCUT2D eigenvalue weighted by Crippen LogP contribution is 2.14. The fourth-order valence-corrected chi connectivity index (χ4v) is 1.66. The molecule has 0 atom stereocenters. The monoisotopic (exact) mass is 219 g/mol. The number of hydrogen-bond donors (Lipinski definition) is 0. The fourth-order valence-electron chi connectivity index (χ4n) is 1.09. The molecule has 0 aliphatic carbocycles. The van der Waals surface area contributed by atoms with Crippen molar-refractivity contribution < 1.29 is 17.0 Å². The third-order valence-electron chi connectivity index (χ3n) is 1.54. The molecule has 1 aromatic rings. The molecule has 0 aliphatic heterocycles. The number of methoxy groups -OCH3 is 1. The largest absolute Gasteiger partial charge is 0.481 e. The molecule has 6 heteroatoms. The van der Waals surface area contributed by atoms with Crippen LogP contribution in [0.25, 0.3) is 0 Å². The van der Waals surface area contributed by atoms with E-state index in [2.05, 4.69) is 4.98 Å². The number of halogens is 1. The average Bonchev–Trinajstić information content (AvgIpc) is 1.99. The van der Waals surface area contributed by atoms with Crippen LogP contribution < -0.4 is 4.74 Å². The zero-order valence-corrected chi connectivity index (χ0v) is 8.64. The molecule has 0 saturated heterocycles. The highest BCUT2D eigenvalue weighted by molar-refractivity contribution is 7.85. The minimum absolute atomic E-state index is 0.281. The summed E-state index contributed by atoms with van der Waals surface area (Å²) >= 11 is 0. The molecule has 0 radical (unpaired) electrons. The molecule has 0 aliphatic rings.